The number of hydrogen-bond donors (Lipinski definition) is 6. The third-order valence-corrected chi connectivity index (χ3v) is 4.64. The lowest BCUT2D eigenvalue weighted by Gasteiger charge is -2.36. The molecule has 3 rings (SSSR count). The van der Waals surface area contributed by atoms with Crippen LogP contribution < -0.4 is 9.47 Å². The van der Waals surface area contributed by atoms with Crippen LogP contribution in [0.5, 0.6) is 34.5 Å². The number of aliphatic hydroxyl groups excluding tert-OH is 2. The van der Waals surface area contributed by atoms with Gasteiger partial charge in [0.15, 0.2) is 28.7 Å². The molecule has 4 unspecified atom stereocenters. The van der Waals surface area contributed by atoms with Crippen molar-refractivity contribution in [2.45, 2.75) is 31.0 Å². The molecule has 168 valence electrons. The summed E-state index contributed by atoms with van der Waals surface area (Å²) in [5.41, 5.74) is -0.250. The van der Waals surface area contributed by atoms with Crippen molar-refractivity contribution in [3.05, 3.63) is 35.9 Å². The van der Waals surface area contributed by atoms with Crippen LogP contribution in [0.1, 0.15) is 16.8 Å². The van der Waals surface area contributed by atoms with Crippen LogP contribution in [0.2, 0.25) is 0 Å². The molecule has 1 fully saturated rings. The lowest BCUT2D eigenvalue weighted by atomic mass is 10.0. The van der Waals surface area contributed by atoms with Gasteiger partial charge in [-0.2, -0.15) is 0 Å². The summed E-state index contributed by atoms with van der Waals surface area (Å²) >= 11 is 0. The standard InChI is InChI=1S/C20H22O11/c1-28-15-3-2-10(6-11(15)21)30-17-7-14(24)19(26)16(31-17)8-29-20(27)9-4-12(22)18(25)13(23)5-9/h2-6,14,16-17,19,21-26H,7-8H2,1H3. The molecule has 1 aliphatic heterocycles. The van der Waals surface area contributed by atoms with Crippen molar-refractivity contribution in [3.8, 4) is 34.5 Å². The van der Waals surface area contributed by atoms with Crippen LogP contribution in [-0.4, -0.2) is 74.9 Å². The molecule has 6 N–H and O–H groups in total. The molecular weight excluding hydrogens is 416 g/mol. The van der Waals surface area contributed by atoms with Gasteiger partial charge in [0.2, 0.25) is 6.29 Å². The maximum absolute atomic E-state index is 12.2. The van der Waals surface area contributed by atoms with Gasteiger partial charge in [0.05, 0.1) is 18.8 Å². The van der Waals surface area contributed by atoms with Crippen LogP contribution in [0, 0.1) is 0 Å². The molecule has 0 radical (unpaired) electrons. The van der Waals surface area contributed by atoms with Gasteiger partial charge in [-0.3, -0.25) is 0 Å². The molecule has 0 aromatic heterocycles. The quantitative estimate of drug-likeness (QED) is 0.275. The monoisotopic (exact) mass is 438 g/mol. The second kappa shape index (κ2) is 9.16. The molecule has 0 bridgehead atoms. The Labute approximate surface area is 176 Å². The molecule has 0 aliphatic carbocycles. The molecule has 0 spiro atoms. The fourth-order valence-corrected chi connectivity index (χ4v) is 2.99. The zero-order chi connectivity index (χ0) is 22.7. The summed E-state index contributed by atoms with van der Waals surface area (Å²) in [6, 6.07) is 6.07. The Morgan fingerprint density at radius 2 is 1.74 bits per heavy atom. The minimum absolute atomic E-state index is 0.0852. The van der Waals surface area contributed by atoms with Crippen molar-refractivity contribution in [2.75, 3.05) is 13.7 Å². The summed E-state index contributed by atoms with van der Waals surface area (Å²) in [4.78, 5) is 12.2. The molecule has 31 heavy (non-hydrogen) atoms. The predicted molar refractivity (Wildman–Crippen MR) is 102 cm³/mol. The maximum atomic E-state index is 12.2. The number of benzene rings is 2. The highest BCUT2D eigenvalue weighted by Gasteiger charge is 2.38. The van der Waals surface area contributed by atoms with E-state index < -0.39 is 54.4 Å². The van der Waals surface area contributed by atoms with Crippen molar-refractivity contribution in [1.82, 2.24) is 0 Å². The predicted octanol–water partition coefficient (Wildman–Crippen LogP) is 0.590. The van der Waals surface area contributed by atoms with Crippen molar-refractivity contribution in [1.29, 1.82) is 0 Å². The first-order valence-electron chi connectivity index (χ1n) is 9.17. The molecule has 0 saturated carbocycles. The normalized spacial score (nSPS) is 23.2. The molecule has 1 heterocycles. The number of hydrogen-bond acceptors (Lipinski definition) is 11. The number of phenols is 4. The van der Waals surface area contributed by atoms with Crippen LogP contribution >= 0.6 is 0 Å². The lowest BCUT2D eigenvalue weighted by Crippen LogP contribution is -2.51. The summed E-state index contributed by atoms with van der Waals surface area (Å²) in [5.74, 6) is -2.89. The van der Waals surface area contributed by atoms with E-state index >= 15 is 0 Å². The summed E-state index contributed by atoms with van der Waals surface area (Å²) in [7, 11) is 1.39. The fourth-order valence-electron chi connectivity index (χ4n) is 2.99. The molecule has 2 aromatic carbocycles. The van der Waals surface area contributed by atoms with E-state index in [4.69, 9.17) is 18.9 Å². The van der Waals surface area contributed by atoms with Crippen molar-refractivity contribution in [2.24, 2.45) is 0 Å². The van der Waals surface area contributed by atoms with E-state index in [9.17, 15) is 35.4 Å². The number of esters is 1. The van der Waals surface area contributed by atoms with Gasteiger partial charge in [-0.15, -0.1) is 0 Å². The molecule has 4 atom stereocenters. The van der Waals surface area contributed by atoms with Gasteiger partial charge < -0.3 is 49.6 Å². The zero-order valence-corrected chi connectivity index (χ0v) is 16.3. The first-order valence-corrected chi connectivity index (χ1v) is 9.17. The Balaban J connectivity index is 1.64. The summed E-state index contributed by atoms with van der Waals surface area (Å²) in [5, 5.41) is 58.4. The van der Waals surface area contributed by atoms with Crippen LogP contribution in [0.15, 0.2) is 30.3 Å². The van der Waals surface area contributed by atoms with E-state index in [1.54, 1.807) is 0 Å². The van der Waals surface area contributed by atoms with E-state index in [2.05, 4.69) is 0 Å². The summed E-state index contributed by atoms with van der Waals surface area (Å²) < 4.78 is 21.1. The highest BCUT2D eigenvalue weighted by molar-refractivity contribution is 5.91. The number of methoxy groups -OCH3 is 1. The molecule has 0 amide bonds. The first kappa shape index (κ1) is 22.3. The van der Waals surface area contributed by atoms with Crippen molar-refractivity contribution >= 4 is 5.97 Å². The van der Waals surface area contributed by atoms with Gasteiger partial charge in [0.25, 0.3) is 0 Å². The molecule has 1 aliphatic rings. The van der Waals surface area contributed by atoms with Crippen LogP contribution in [0.25, 0.3) is 0 Å². The Kier molecular flexibility index (Phi) is 6.59. The summed E-state index contributed by atoms with van der Waals surface area (Å²) in [6.45, 7) is -0.479. The number of carbonyl (C=O) groups excluding carboxylic acids is 1. The smallest absolute Gasteiger partial charge is 0.338 e. The highest BCUT2D eigenvalue weighted by atomic mass is 16.7. The number of aromatic hydroxyl groups is 4. The van der Waals surface area contributed by atoms with E-state index in [0.717, 1.165) is 12.1 Å². The number of rotatable bonds is 6. The molecule has 2 aromatic rings. The van der Waals surface area contributed by atoms with Gasteiger partial charge >= 0.3 is 5.97 Å². The van der Waals surface area contributed by atoms with Crippen molar-refractivity contribution < 1.29 is 54.4 Å². The second-order valence-electron chi connectivity index (χ2n) is 6.81. The minimum Gasteiger partial charge on any atom is -0.504 e. The number of carbonyl (C=O) groups is 1. The minimum atomic E-state index is -1.38. The van der Waals surface area contributed by atoms with E-state index in [1.165, 1.54) is 25.3 Å². The fraction of sp³-hybridized carbons (Fsp3) is 0.350. The van der Waals surface area contributed by atoms with E-state index in [0.29, 0.717) is 0 Å². The average molecular weight is 438 g/mol. The molecular formula is C20H22O11. The van der Waals surface area contributed by atoms with Gasteiger partial charge in [-0.05, 0) is 24.3 Å². The average Bonchev–Trinajstić information content (AvgIpc) is 2.73. The lowest BCUT2D eigenvalue weighted by molar-refractivity contribution is -0.229. The largest absolute Gasteiger partial charge is 0.504 e. The van der Waals surface area contributed by atoms with Gasteiger partial charge in [0.1, 0.15) is 24.6 Å². The van der Waals surface area contributed by atoms with Crippen LogP contribution in [0.3, 0.4) is 0 Å². The Bertz CT molecular complexity index is 922. The number of ether oxygens (including phenoxy) is 4. The first-order chi connectivity index (χ1) is 14.7. The van der Waals surface area contributed by atoms with Gasteiger partial charge in [-0.25, -0.2) is 4.79 Å². The second-order valence-corrected chi connectivity index (χ2v) is 6.81. The Hall–Kier alpha value is -3.41. The Morgan fingerprint density at radius 3 is 2.35 bits per heavy atom. The SMILES string of the molecule is COc1ccc(OC2CC(O)C(O)C(COC(=O)c3cc(O)c(O)c(O)c3)O2)cc1O. The third kappa shape index (κ3) is 5.02. The topological polar surface area (TPSA) is 175 Å². The third-order valence-electron chi connectivity index (χ3n) is 4.64. The van der Waals surface area contributed by atoms with Gasteiger partial charge in [-0.1, -0.05) is 0 Å². The highest BCUT2D eigenvalue weighted by Crippen LogP contribution is 2.36. The molecule has 11 heteroatoms. The summed E-state index contributed by atoms with van der Waals surface area (Å²) in [6.07, 6.45) is -4.87. The van der Waals surface area contributed by atoms with E-state index in [-0.39, 0.29) is 29.2 Å². The molecule has 1 saturated heterocycles. The zero-order valence-electron chi connectivity index (χ0n) is 16.3. The van der Waals surface area contributed by atoms with Crippen LogP contribution in [-0.2, 0) is 9.47 Å². The Morgan fingerprint density at radius 1 is 1.06 bits per heavy atom. The van der Waals surface area contributed by atoms with Crippen LogP contribution in [0.4, 0.5) is 0 Å². The maximum Gasteiger partial charge on any atom is 0.338 e. The van der Waals surface area contributed by atoms with Crippen molar-refractivity contribution in [3.63, 3.8) is 0 Å². The van der Waals surface area contributed by atoms with E-state index in [1.807, 2.05) is 0 Å². The van der Waals surface area contributed by atoms with Gasteiger partial charge in [0, 0.05) is 12.5 Å². The molecule has 11 nitrogen and oxygen atoms in total. The number of phenolic OH excluding ortho intramolecular Hbond substituents is 4. The number of aliphatic hydroxyl groups is 2.